The Balaban J connectivity index is 1.13. The van der Waals surface area contributed by atoms with E-state index >= 15 is 9.18 Å². The number of unbranched alkanes of at least 4 members (excludes halogenated alkanes) is 3. The van der Waals surface area contributed by atoms with E-state index < -0.39 is 89.1 Å². The smallest absolute Gasteiger partial charge is 0.407 e. The highest BCUT2D eigenvalue weighted by Crippen LogP contribution is 2.45. The molecule has 4 aromatic rings. The van der Waals surface area contributed by atoms with Crippen LogP contribution in [0.25, 0.3) is 11.1 Å². The third-order valence-corrected chi connectivity index (χ3v) is 18.2. The Morgan fingerprint density at radius 1 is 0.820 bits per heavy atom. The number of carboxylic acid groups (broad SMARTS) is 1. The van der Waals surface area contributed by atoms with Gasteiger partial charge in [-0.05, 0) is 131 Å². The van der Waals surface area contributed by atoms with Crippen molar-refractivity contribution in [3.63, 3.8) is 0 Å². The number of likely N-dealkylation sites (tertiary alicyclic amines) is 1. The molecule has 7 amide bonds. The molecule has 1 fully saturated rings. The number of alkyl carbamates (subject to hydrolysis) is 2. The Labute approximate surface area is 528 Å². The number of anilines is 2. The van der Waals surface area contributed by atoms with Crippen LogP contribution in [0.15, 0.2) is 72.1 Å². The van der Waals surface area contributed by atoms with Gasteiger partial charge in [0, 0.05) is 43.3 Å². The summed E-state index contributed by atoms with van der Waals surface area (Å²) in [6, 6.07) is 17.0. The minimum absolute atomic E-state index is 0.0321. The summed E-state index contributed by atoms with van der Waals surface area (Å²) < 4.78 is 27.7. The molecule has 3 aromatic carbocycles. The summed E-state index contributed by atoms with van der Waals surface area (Å²) in [6.07, 6.45) is 3.93. The van der Waals surface area contributed by atoms with E-state index in [2.05, 4.69) is 43.7 Å². The molecule has 1 aliphatic heterocycles. The second kappa shape index (κ2) is 32.9. The van der Waals surface area contributed by atoms with E-state index in [1.807, 2.05) is 83.3 Å². The quantitative estimate of drug-likeness (QED) is 0.0183. The van der Waals surface area contributed by atoms with E-state index in [-0.39, 0.29) is 73.1 Å². The second-order valence-corrected chi connectivity index (χ2v) is 26.1. The molecule has 7 N–H and O–H groups in total. The molecule has 2 heterocycles. The summed E-state index contributed by atoms with van der Waals surface area (Å²) in [7, 11) is 3.40. The highest BCUT2D eigenvalue weighted by atomic mass is 32.1. The van der Waals surface area contributed by atoms with Crippen LogP contribution < -0.4 is 31.9 Å². The maximum Gasteiger partial charge on any atom is 0.407 e. The van der Waals surface area contributed by atoms with Gasteiger partial charge in [-0.2, -0.15) is 0 Å². The fourth-order valence-electron chi connectivity index (χ4n) is 11.7. The van der Waals surface area contributed by atoms with Gasteiger partial charge in [0.2, 0.25) is 29.5 Å². The van der Waals surface area contributed by atoms with Crippen LogP contribution in [0.3, 0.4) is 0 Å². The summed E-state index contributed by atoms with van der Waals surface area (Å²) in [5.74, 6) is -7.65. The molecule has 2 aliphatic rings. The molecular formula is C67H94FN9O11S. The van der Waals surface area contributed by atoms with Crippen LogP contribution in [0.4, 0.5) is 25.5 Å². The molecule has 89 heavy (non-hydrogen) atoms. The van der Waals surface area contributed by atoms with Crippen LogP contribution in [-0.2, 0) is 44.7 Å². The number of benzene rings is 3. The fraction of sp³-hybridized carbons (Fsp3) is 0.567. The lowest BCUT2D eigenvalue weighted by molar-refractivity contribution is -0.149. The van der Waals surface area contributed by atoms with Crippen LogP contribution in [0, 0.1) is 40.8 Å². The van der Waals surface area contributed by atoms with Gasteiger partial charge in [0.1, 0.15) is 41.3 Å². The van der Waals surface area contributed by atoms with Crippen molar-refractivity contribution in [3.05, 3.63) is 99.6 Å². The summed E-state index contributed by atoms with van der Waals surface area (Å²) >= 11 is 1.12. The molecule has 8 atom stereocenters. The topological polar surface area (TPSA) is 267 Å². The summed E-state index contributed by atoms with van der Waals surface area (Å²) in [5.41, 5.74) is 2.86. The number of carbonyl (C=O) groups excluding carboxylic acids is 7. The van der Waals surface area contributed by atoms with Gasteiger partial charge in [-0.3, -0.25) is 33.7 Å². The predicted molar refractivity (Wildman–Crippen MR) is 342 cm³/mol. The number of fused-ring (bicyclic) bond motifs is 3. The Morgan fingerprint density at radius 2 is 1.49 bits per heavy atom. The van der Waals surface area contributed by atoms with Gasteiger partial charge in [-0.1, -0.05) is 129 Å². The number of nitrogens with one attached hydrogen (secondary N) is 6. The van der Waals surface area contributed by atoms with E-state index in [4.69, 9.17) is 14.5 Å². The average molecular weight is 1250 g/mol. The van der Waals surface area contributed by atoms with Gasteiger partial charge in [-0.25, -0.2) is 19.0 Å². The van der Waals surface area contributed by atoms with Crippen molar-refractivity contribution >= 4 is 70.5 Å². The number of piperidine rings is 1. The molecule has 6 rings (SSSR count). The van der Waals surface area contributed by atoms with Crippen LogP contribution in [0.2, 0.25) is 0 Å². The van der Waals surface area contributed by atoms with Gasteiger partial charge in [0.05, 0.1) is 17.3 Å². The number of amides is 7. The van der Waals surface area contributed by atoms with Gasteiger partial charge in [-0.15, -0.1) is 11.3 Å². The molecule has 0 radical (unpaired) electrons. The molecule has 1 saturated heterocycles. The first-order valence-electron chi connectivity index (χ1n) is 31.5. The number of carbonyl (C=O) groups is 8. The predicted octanol–water partition coefficient (Wildman–Crippen LogP) is 11.0. The Kier molecular flexibility index (Phi) is 26.1. The molecule has 486 valence electrons. The molecule has 20 nitrogen and oxygen atoms in total. The lowest BCUT2D eigenvalue weighted by atomic mass is 9.80. The lowest BCUT2D eigenvalue weighted by Gasteiger charge is -2.40. The number of hydrogen-bond donors (Lipinski definition) is 7. The van der Waals surface area contributed by atoms with E-state index in [0.717, 1.165) is 84.7 Å². The average Bonchev–Trinajstić information content (AvgIpc) is 1.74. The molecule has 0 unspecified atom stereocenters. The number of hydrogen-bond acceptors (Lipinski definition) is 13. The minimum Gasteiger partial charge on any atom is -0.481 e. The SMILES string of the molecule is CCCCCCN(C(=O)[C@H](C(=O)N[C@H]1CCCCN1C)[C@@H](C)CC)[C@H](C[C@@H](OC(=O)NC)c1nc(NC(=O)[C@@H](Cc2ccc(NC(=O)[C@H](C)NC(=O)[C@@H](NC(=O)OCC3c4ccccc4-c4ccccc43)C(C)C)c(F)c2)CC(C)(C)C(=O)O)cs1)C(C)C. The van der Waals surface area contributed by atoms with E-state index in [1.165, 1.54) is 40.0 Å². The first-order valence-corrected chi connectivity index (χ1v) is 32.4. The highest BCUT2D eigenvalue weighted by Gasteiger charge is 2.42. The van der Waals surface area contributed by atoms with E-state index in [1.54, 1.807) is 24.1 Å². The van der Waals surface area contributed by atoms with Crippen LogP contribution in [0.5, 0.6) is 0 Å². The largest absolute Gasteiger partial charge is 0.481 e. The summed E-state index contributed by atoms with van der Waals surface area (Å²) in [6.45, 7) is 19.0. The van der Waals surface area contributed by atoms with Gasteiger partial charge in [0.15, 0.2) is 6.10 Å². The van der Waals surface area contributed by atoms with Crippen LogP contribution in [0.1, 0.15) is 167 Å². The number of aromatic nitrogens is 1. The van der Waals surface area contributed by atoms with Crippen LogP contribution in [-0.4, -0.2) is 126 Å². The Hall–Kier alpha value is -7.46. The lowest BCUT2D eigenvalue weighted by Crippen LogP contribution is -2.56. The fourth-order valence-corrected chi connectivity index (χ4v) is 12.5. The second-order valence-electron chi connectivity index (χ2n) is 25.2. The standard InChI is InChI=1S/C67H94FN9O11S/c1-13-15-16-22-32-77(63(82)56(41(7)14-2)60(80)74-55-28-21-23-31-76(55)12)52(39(3)4)35-53(88-65(85)69-11)62-73-54(38-89-62)72-59(79)44(36-67(9,10)64(83)84)33-43-29-30-51(50(68)34-43)71-58(78)42(8)70-61(81)57(40(5)6)75-66(86)87-37-49-47-26-19-17-24-45(47)46-25-18-20-27-48(46)49/h17-20,24-27,29-30,34,38-42,44,49,52-53,55-57H,13-16,21-23,28,31-33,35-37H2,1-12H3,(H,69,85)(H,70,81)(H,71,78)(H,72,79)(H,74,80)(H,75,86)(H,83,84)/t41-,42-,44-,52+,53+,55+,56-,57-/m0/s1. The summed E-state index contributed by atoms with van der Waals surface area (Å²) in [5, 5.41) is 28.4. The van der Waals surface area contributed by atoms with Crippen molar-refractivity contribution in [2.75, 3.05) is 44.4 Å². The zero-order valence-corrected chi connectivity index (χ0v) is 54.7. The zero-order chi connectivity index (χ0) is 65.3. The van der Waals surface area contributed by atoms with Gasteiger partial charge in [0.25, 0.3) is 0 Å². The normalized spacial score (nSPS) is 16.5. The highest BCUT2D eigenvalue weighted by molar-refractivity contribution is 7.10. The monoisotopic (exact) mass is 1250 g/mol. The molecule has 0 saturated carbocycles. The molecule has 1 aromatic heterocycles. The number of rotatable bonds is 31. The number of aliphatic carboxylic acids is 1. The first-order chi connectivity index (χ1) is 42.3. The molecule has 1 aliphatic carbocycles. The molecular weight excluding hydrogens is 1160 g/mol. The maximum absolute atomic E-state index is 16.0. The first kappa shape index (κ1) is 70.6. The van der Waals surface area contributed by atoms with E-state index in [0.29, 0.717) is 30.0 Å². The van der Waals surface area contributed by atoms with Gasteiger partial charge < -0.3 is 51.4 Å². The third kappa shape index (κ3) is 19.0. The minimum atomic E-state index is -1.42. The van der Waals surface area contributed by atoms with Crippen molar-refractivity contribution in [2.24, 2.45) is 35.0 Å². The molecule has 0 spiro atoms. The Bertz CT molecular complexity index is 3050. The number of ether oxygens (including phenoxy) is 2. The van der Waals surface area contributed by atoms with Crippen molar-refractivity contribution in [1.29, 1.82) is 0 Å². The van der Waals surface area contributed by atoms with E-state index in [9.17, 15) is 38.7 Å². The zero-order valence-electron chi connectivity index (χ0n) is 53.8. The van der Waals surface area contributed by atoms with Gasteiger partial charge >= 0.3 is 18.2 Å². The number of halogens is 1. The Morgan fingerprint density at radius 3 is 2.09 bits per heavy atom. The third-order valence-electron chi connectivity index (χ3n) is 17.3. The number of nitrogens with zero attached hydrogens (tertiary/aromatic N) is 3. The molecule has 22 heteroatoms. The van der Waals surface area contributed by atoms with Crippen molar-refractivity contribution in [1.82, 2.24) is 36.1 Å². The van der Waals surface area contributed by atoms with Crippen LogP contribution >= 0.6 is 11.3 Å². The molecule has 0 bridgehead atoms. The van der Waals surface area contributed by atoms with Crippen molar-refractivity contribution in [3.8, 4) is 11.1 Å². The van der Waals surface area contributed by atoms with Crippen molar-refractivity contribution < 1.29 is 57.3 Å². The van der Waals surface area contributed by atoms with Crippen molar-refractivity contribution in [2.45, 2.75) is 176 Å². The number of carboxylic acids is 1. The number of thiazole rings is 1. The summed E-state index contributed by atoms with van der Waals surface area (Å²) in [4.78, 5) is 118. The maximum atomic E-state index is 16.0.